The van der Waals surface area contributed by atoms with Gasteiger partial charge in [-0.1, -0.05) is 12.8 Å². The van der Waals surface area contributed by atoms with Crippen LogP contribution in [0.1, 0.15) is 25.7 Å². The predicted octanol–water partition coefficient (Wildman–Crippen LogP) is -0.733. The van der Waals surface area contributed by atoms with Crippen LogP contribution in [0.4, 0.5) is 4.79 Å². The standard InChI is InChI=1S/C12H20N4O3/c1-15-7-11(18)16(12(15)19)6-10(17)14-9-5-3-2-4-8(9)13/h8-9H,2-7,13H2,1H3,(H,14,17)/t8-,9-/m1/s1. The van der Waals surface area contributed by atoms with Gasteiger partial charge in [-0.15, -0.1) is 0 Å². The molecule has 19 heavy (non-hydrogen) atoms. The quantitative estimate of drug-likeness (QED) is 0.659. The van der Waals surface area contributed by atoms with Crippen LogP contribution in [0.25, 0.3) is 0 Å². The number of hydrogen-bond acceptors (Lipinski definition) is 4. The summed E-state index contributed by atoms with van der Waals surface area (Å²) in [6.07, 6.45) is 3.88. The number of urea groups is 1. The predicted molar refractivity (Wildman–Crippen MR) is 68.1 cm³/mol. The Morgan fingerprint density at radius 2 is 2.05 bits per heavy atom. The van der Waals surface area contributed by atoms with E-state index in [4.69, 9.17) is 5.73 Å². The molecule has 106 valence electrons. The highest BCUT2D eigenvalue weighted by Crippen LogP contribution is 2.17. The van der Waals surface area contributed by atoms with Gasteiger partial charge in [0, 0.05) is 19.1 Å². The first-order chi connectivity index (χ1) is 8.99. The van der Waals surface area contributed by atoms with E-state index in [1.54, 1.807) is 0 Å². The maximum Gasteiger partial charge on any atom is 0.327 e. The van der Waals surface area contributed by atoms with Crippen molar-refractivity contribution in [1.82, 2.24) is 15.1 Å². The van der Waals surface area contributed by atoms with E-state index >= 15 is 0 Å². The number of amides is 4. The van der Waals surface area contributed by atoms with E-state index in [0.717, 1.165) is 30.6 Å². The average molecular weight is 268 g/mol. The third-order valence-corrected chi connectivity index (χ3v) is 3.70. The van der Waals surface area contributed by atoms with Crippen molar-refractivity contribution in [3.63, 3.8) is 0 Å². The lowest BCUT2D eigenvalue weighted by Gasteiger charge is -2.29. The Labute approximate surface area is 112 Å². The molecule has 2 atom stereocenters. The first-order valence-electron chi connectivity index (χ1n) is 6.59. The van der Waals surface area contributed by atoms with Crippen LogP contribution in [0.5, 0.6) is 0 Å². The second-order valence-electron chi connectivity index (χ2n) is 5.24. The second-order valence-corrected chi connectivity index (χ2v) is 5.24. The van der Waals surface area contributed by atoms with Gasteiger partial charge in [-0.05, 0) is 12.8 Å². The molecule has 0 unspecified atom stereocenters. The molecule has 2 rings (SSSR count). The number of carbonyl (C=O) groups excluding carboxylic acids is 3. The molecule has 3 N–H and O–H groups in total. The molecule has 2 aliphatic rings. The topological polar surface area (TPSA) is 95.7 Å². The summed E-state index contributed by atoms with van der Waals surface area (Å²) in [6, 6.07) is -0.509. The van der Waals surface area contributed by atoms with Gasteiger partial charge in [0.05, 0.1) is 0 Å². The Balaban J connectivity index is 1.87. The van der Waals surface area contributed by atoms with Crippen molar-refractivity contribution in [1.29, 1.82) is 0 Å². The summed E-state index contributed by atoms with van der Waals surface area (Å²) < 4.78 is 0. The number of imide groups is 1. The molecule has 4 amide bonds. The molecule has 0 radical (unpaired) electrons. The van der Waals surface area contributed by atoms with E-state index in [0.29, 0.717) is 0 Å². The first-order valence-corrected chi connectivity index (χ1v) is 6.59. The number of nitrogens with one attached hydrogen (secondary N) is 1. The van der Waals surface area contributed by atoms with Crippen molar-refractivity contribution in [3.8, 4) is 0 Å². The Hall–Kier alpha value is -1.63. The van der Waals surface area contributed by atoms with Gasteiger partial charge < -0.3 is 16.0 Å². The highest BCUT2D eigenvalue weighted by Gasteiger charge is 2.35. The number of likely N-dealkylation sites (N-methyl/N-ethyl adjacent to an activating group) is 1. The number of rotatable bonds is 3. The maximum absolute atomic E-state index is 11.9. The third kappa shape index (κ3) is 3.04. The van der Waals surface area contributed by atoms with Gasteiger partial charge in [0.1, 0.15) is 13.1 Å². The molecule has 0 aromatic carbocycles. The van der Waals surface area contributed by atoms with Gasteiger partial charge in [0.25, 0.3) is 5.91 Å². The molecular formula is C12H20N4O3. The van der Waals surface area contributed by atoms with Gasteiger partial charge in [-0.3, -0.25) is 14.5 Å². The molecule has 0 spiro atoms. The minimum Gasteiger partial charge on any atom is -0.350 e. The number of hydrogen-bond donors (Lipinski definition) is 2. The monoisotopic (exact) mass is 268 g/mol. The molecule has 1 saturated heterocycles. The van der Waals surface area contributed by atoms with E-state index in [1.165, 1.54) is 11.9 Å². The number of nitrogens with zero attached hydrogens (tertiary/aromatic N) is 2. The Morgan fingerprint density at radius 1 is 1.37 bits per heavy atom. The molecule has 1 aliphatic heterocycles. The minimum absolute atomic E-state index is 0.0367. The van der Waals surface area contributed by atoms with Crippen molar-refractivity contribution < 1.29 is 14.4 Å². The van der Waals surface area contributed by atoms with E-state index < -0.39 is 6.03 Å². The lowest BCUT2D eigenvalue weighted by Crippen LogP contribution is -2.52. The summed E-state index contributed by atoms with van der Waals surface area (Å²) in [5, 5.41) is 2.82. The summed E-state index contributed by atoms with van der Waals surface area (Å²) in [4.78, 5) is 37.3. The summed E-state index contributed by atoms with van der Waals surface area (Å²) in [7, 11) is 1.54. The van der Waals surface area contributed by atoms with Crippen LogP contribution in [0.2, 0.25) is 0 Å². The molecule has 1 aliphatic carbocycles. The fourth-order valence-electron chi connectivity index (χ4n) is 2.56. The Bertz CT molecular complexity index is 398. The molecule has 0 aromatic heterocycles. The van der Waals surface area contributed by atoms with Crippen LogP contribution in [-0.4, -0.2) is 59.9 Å². The molecule has 0 aromatic rings. The molecule has 2 fully saturated rings. The largest absolute Gasteiger partial charge is 0.350 e. The van der Waals surface area contributed by atoms with Crippen LogP contribution < -0.4 is 11.1 Å². The van der Waals surface area contributed by atoms with Gasteiger partial charge in [-0.2, -0.15) is 0 Å². The number of carbonyl (C=O) groups is 3. The third-order valence-electron chi connectivity index (χ3n) is 3.70. The zero-order chi connectivity index (χ0) is 14.0. The van der Waals surface area contributed by atoms with E-state index in [1.807, 2.05) is 0 Å². The van der Waals surface area contributed by atoms with Crippen LogP contribution in [0.15, 0.2) is 0 Å². The van der Waals surface area contributed by atoms with Crippen LogP contribution in [-0.2, 0) is 9.59 Å². The zero-order valence-electron chi connectivity index (χ0n) is 11.1. The zero-order valence-corrected chi connectivity index (χ0v) is 11.1. The van der Waals surface area contributed by atoms with Crippen molar-refractivity contribution in [2.45, 2.75) is 37.8 Å². The van der Waals surface area contributed by atoms with Crippen molar-refractivity contribution in [3.05, 3.63) is 0 Å². The number of nitrogens with two attached hydrogens (primary N) is 1. The Kier molecular flexibility index (Phi) is 4.04. The molecule has 7 nitrogen and oxygen atoms in total. The minimum atomic E-state index is -0.423. The highest BCUT2D eigenvalue weighted by molar-refractivity contribution is 6.04. The summed E-state index contributed by atoms with van der Waals surface area (Å²) in [5.74, 6) is -0.657. The second kappa shape index (κ2) is 5.56. The maximum atomic E-state index is 11.9. The lowest BCUT2D eigenvalue weighted by molar-refractivity contribution is -0.131. The smallest absolute Gasteiger partial charge is 0.327 e. The summed E-state index contributed by atoms with van der Waals surface area (Å²) >= 11 is 0. The first kappa shape index (κ1) is 13.8. The molecule has 7 heteroatoms. The van der Waals surface area contributed by atoms with Gasteiger partial charge in [0.2, 0.25) is 5.91 Å². The molecule has 1 saturated carbocycles. The lowest BCUT2D eigenvalue weighted by atomic mass is 9.91. The highest BCUT2D eigenvalue weighted by atomic mass is 16.2. The fraction of sp³-hybridized carbons (Fsp3) is 0.750. The van der Waals surface area contributed by atoms with Crippen molar-refractivity contribution in [2.24, 2.45) is 5.73 Å². The molecule has 0 bridgehead atoms. The SMILES string of the molecule is CN1CC(=O)N(CC(=O)N[C@@H]2CCCC[C@H]2N)C1=O. The fourth-order valence-corrected chi connectivity index (χ4v) is 2.56. The van der Waals surface area contributed by atoms with E-state index in [2.05, 4.69) is 5.32 Å². The van der Waals surface area contributed by atoms with Crippen molar-refractivity contribution in [2.75, 3.05) is 20.1 Å². The normalized spacial score (nSPS) is 27.9. The summed E-state index contributed by atoms with van der Waals surface area (Å²) in [6.45, 7) is -0.180. The van der Waals surface area contributed by atoms with Gasteiger partial charge >= 0.3 is 6.03 Å². The summed E-state index contributed by atoms with van der Waals surface area (Å²) in [5.41, 5.74) is 5.94. The van der Waals surface area contributed by atoms with Crippen LogP contribution in [0, 0.1) is 0 Å². The van der Waals surface area contributed by atoms with Crippen molar-refractivity contribution >= 4 is 17.8 Å². The van der Waals surface area contributed by atoms with Gasteiger partial charge in [-0.25, -0.2) is 4.79 Å². The average Bonchev–Trinajstić information content (AvgIpc) is 2.59. The Morgan fingerprint density at radius 3 is 2.63 bits per heavy atom. The van der Waals surface area contributed by atoms with Crippen LogP contribution >= 0.6 is 0 Å². The van der Waals surface area contributed by atoms with Gasteiger partial charge in [0.15, 0.2) is 0 Å². The molecule has 1 heterocycles. The molecular weight excluding hydrogens is 248 g/mol. The van der Waals surface area contributed by atoms with E-state index in [-0.39, 0.29) is 37.0 Å². The van der Waals surface area contributed by atoms with E-state index in [9.17, 15) is 14.4 Å². The van der Waals surface area contributed by atoms with Crippen LogP contribution in [0.3, 0.4) is 0 Å².